The Bertz CT molecular complexity index is 887. The number of amides is 1. The first-order chi connectivity index (χ1) is 13.0. The largest absolute Gasteiger partial charge is 0.478 e. The number of aromatic carboxylic acids is 1. The topological polar surface area (TPSA) is 75.4 Å². The fraction of sp³-hybridized carbons (Fsp3) is 0.476. The quantitative estimate of drug-likeness (QED) is 0.902. The van der Waals surface area contributed by atoms with Crippen LogP contribution < -0.4 is 0 Å². The smallest absolute Gasteiger partial charge is 0.335 e. The summed E-state index contributed by atoms with van der Waals surface area (Å²) in [5, 5.41) is 9.11. The van der Waals surface area contributed by atoms with Crippen LogP contribution in [0.4, 0.5) is 0 Å². The zero-order chi connectivity index (χ0) is 19.0. The van der Waals surface area contributed by atoms with Crippen LogP contribution in [-0.2, 0) is 24.1 Å². The Balaban J connectivity index is 1.45. The second kappa shape index (κ2) is 7.18. The summed E-state index contributed by atoms with van der Waals surface area (Å²) < 4.78 is 2.37. The molecule has 1 unspecified atom stereocenters. The Morgan fingerprint density at radius 2 is 2.07 bits per heavy atom. The molecule has 1 atom stereocenters. The van der Waals surface area contributed by atoms with Crippen LogP contribution in [0.15, 0.2) is 24.3 Å². The predicted molar refractivity (Wildman–Crippen MR) is 101 cm³/mol. The molecule has 1 N–H and O–H groups in total. The van der Waals surface area contributed by atoms with Gasteiger partial charge in [-0.15, -0.1) is 0 Å². The number of nitrogens with zero attached hydrogens (tertiary/aromatic N) is 3. The molecule has 1 aliphatic heterocycles. The van der Waals surface area contributed by atoms with Crippen LogP contribution in [0.2, 0.25) is 0 Å². The Hall–Kier alpha value is -2.63. The van der Waals surface area contributed by atoms with Gasteiger partial charge < -0.3 is 14.6 Å². The predicted octanol–water partition coefficient (Wildman–Crippen LogP) is 2.78. The molecule has 4 rings (SSSR count). The van der Waals surface area contributed by atoms with E-state index >= 15 is 0 Å². The first kappa shape index (κ1) is 17.8. The molecule has 2 heterocycles. The summed E-state index contributed by atoms with van der Waals surface area (Å²) in [6.07, 6.45) is 5.78. The molecular weight excluding hydrogens is 342 g/mol. The molecule has 142 valence electrons. The number of imidazole rings is 1. The average Bonchev–Trinajstić information content (AvgIpc) is 3.25. The van der Waals surface area contributed by atoms with Crippen LogP contribution in [0.1, 0.15) is 58.4 Å². The third-order valence-corrected chi connectivity index (χ3v) is 5.76. The highest BCUT2D eigenvalue weighted by molar-refractivity contribution is 5.88. The van der Waals surface area contributed by atoms with E-state index in [1.54, 1.807) is 18.2 Å². The van der Waals surface area contributed by atoms with Crippen molar-refractivity contribution in [1.82, 2.24) is 14.5 Å². The number of carboxylic acid groups (broad SMARTS) is 1. The van der Waals surface area contributed by atoms with Crippen molar-refractivity contribution >= 4 is 11.9 Å². The minimum Gasteiger partial charge on any atom is -0.478 e. The van der Waals surface area contributed by atoms with Gasteiger partial charge >= 0.3 is 5.97 Å². The number of carbonyl (C=O) groups excluding carboxylic acids is 1. The lowest BCUT2D eigenvalue weighted by atomic mass is 10.0. The van der Waals surface area contributed by atoms with Gasteiger partial charge in [0.2, 0.25) is 5.91 Å². The lowest BCUT2D eigenvalue weighted by Crippen LogP contribution is -2.31. The van der Waals surface area contributed by atoms with Gasteiger partial charge in [-0.2, -0.15) is 0 Å². The maximum atomic E-state index is 12.7. The number of likely N-dealkylation sites (tertiary alicyclic amines) is 1. The minimum absolute atomic E-state index is 0.0617. The average molecular weight is 367 g/mol. The summed E-state index contributed by atoms with van der Waals surface area (Å²) in [4.78, 5) is 30.5. The number of aryl methyl sites for hydroxylation is 2. The zero-order valence-electron chi connectivity index (χ0n) is 15.6. The summed E-state index contributed by atoms with van der Waals surface area (Å²) in [6.45, 7) is 3.52. The van der Waals surface area contributed by atoms with E-state index in [4.69, 9.17) is 10.1 Å². The number of rotatable bonds is 4. The van der Waals surface area contributed by atoms with Crippen molar-refractivity contribution in [1.29, 1.82) is 0 Å². The van der Waals surface area contributed by atoms with Gasteiger partial charge in [0.1, 0.15) is 5.82 Å². The Kier molecular flexibility index (Phi) is 4.72. The van der Waals surface area contributed by atoms with E-state index < -0.39 is 5.97 Å². The van der Waals surface area contributed by atoms with Gasteiger partial charge in [-0.25, -0.2) is 9.78 Å². The van der Waals surface area contributed by atoms with Gasteiger partial charge in [-0.05, 0) is 56.7 Å². The summed E-state index contributed by atoms with van der Waals surface area (Å²) in [6, 6.07) is 6.94. The summed E-state index contributed by atoms with van der Waals surface area (Å²) in [5.41, 5.74) is 3.58. The Morgan fingerprint density at radius 1 is 1.26 bits per heavy atom. The molecule has 0 saturated carbocycles. The third kappa shape index (κ3) is 3.48. The Morgan fingerprint density at radius 3 is 2.89 bits per heavy atom. The number of fused-ring (bicyclic) bond motifs is 1. The van der Waals surface area contributed by atoms with Crippen LogP contribution >= 0.6 is 0 Å². The molecule has 2 aromatic rings. The molecule has 6 nitrogen and oxygen atoms in total. The van der Waals surface area contributed by atoms with Crippen molar-refractivity contribution in [3.05, 3.63) is 52.6 Å². The monoisotopic (exact) mass is 367 g/mol. The molecule has 1 fully saturated rings. The van der Waals surface area contributed by atoms with Crippen LogP contribution in [0, 0.1) is 6.92 Å². The first-order valence-corrected chi connectivity index (χ1v) is 9.69. The molecule has 6 heteroatoms. The molecule has 2 aliphatic rings. The van der Waals surface area contributed by atoms with E-state index in [2.05, 4.69) is 11.5 Å². The lowest BCUT2D eigenvalue weighted by Gasteiger charge is -2.21. The molecule has 1 aliphatic carbocycles. The molecule has 0 bridgehead atoms. The lowest BCUT2D eigenvalue weighted by molar-refractivity contribution is -0.129. The van der Waals surface area contributed by atoms with Crippen molar-refractivity contribution in [2.24, 2.45) is 0 Å². The highest BCUT2D eigenvalue weighted by Crippen LogP contribution is 2.30. The molecule has 1 aromatic heterocycles. The van der Waals surface area contributed by atoms with E-state index in [1.807, 2.05) is 11.0 Å². The number of hydrogen-bond acceptors (Lipinski definition) is 3. The van der Waals surface area contributed by atoms with E-state index in [0.29, 0.717) is 12.6 Å². The van der Waals surface area contributed by atoms with Crippen molar-refractivity contribution < 1.29 is 14.7 Å². The summed E-state index contributed by atoms with van der Waals surface area (Å²) in [7, 11) is 0. The van der Waals surface area contributed by atoms with Crippen molar-refractivity contribution in [3.63, 3.8) is 0 Å². The second-order valence-electron chi connectivity index (χ2n) is 7.59. The first-order valence-electron chi connectivity index (χ1n) is 9.69. The molecule has 0 spiro atoms. The highest BCUT2D eigenvalue weighted by atomic mass is 16.4. The number of hydrogen-bond donors (Lipinski definition) is 1. The standard InChI is InChI=1S/C21H25N3O3/c1-14-22-18-7-2-3-8-19(18)24(14)17-9-10-23(13-17)20(25)12-15-5-4-6-16(11-15)21(26)27/h4-6,11,17H,2-3,7-10,12-13H2,1H3,(H,26,27). The van der Waals surface area contributed by atoms with Gasteiger partial charge in [0.25, 0.3) is 0 Å². The van der Waals surface area contributed by atoms with E-state index in [1.165, 1.54) is 24.2 Å². The third-order valence-electron chi connectivity index (χ3n) is 5.76. The van der Waals surface area contributed by atoms with Gasteiger partial charge in [0.05, 0.1) is 23.7 Å². The van der Waals surface area contributed by atoms with Gasteiger partial charge in [0, 0.05) is 18.8 Å². The number of carbonyl (C=O) groups is 2. The van der Waals surface area contributed by atoms with Crippen molar-refractivity contribution in [2.75, 3.05) is 13.1 Å². The van der Waals surface area contributed by atoms with E-state index in [-0.39, 0.29) is 17.9 Å². The van der Waals surface area contributed by atoms with Gasteiger partial charge in [0.15, 0.2) is 0 Å². The van der Waals surface area contributed by atoms with Gasteiger partial charge in [-0.3, -0.25) is 4.79 Å². The highest BCUT2D eigenvalue weighted by Gasteiger charge is 2.31. The molecule has 0 radical (unpaired) electrons. The maximum absolute atomic E-state index is 12.7. The second-order valence-corrected chi connectivity index (χ2v) is 7.59. The molecular formula is C21H25N3O3. The van der Waals surface area contributed by atoms with E-state index in [9.17, 15) is 9.59 Å². The molecule has 1 saturated heterocycles. The van der Waals surface area contributed by atoms with Crippen LogP contribution in [0.25, 0.3) is 0 Å². The van der Waals surface area contributed by atoms with Crippen molar-refractivity contribution in [2.45, 2.75) is 51.5 Å². The SMILES string of the molecule is Cc1nc2c(n1C1CCN(C(=O)Cc3cccc(C(=O)O)c3)C1)CCCC2. The molecule has 27 heavy (non-hydrogen) atoms. The van der Waals surface area contributed by atoms with Crippen LogP contribution in [0.5, 0.6) is 0 Å². The van der Waals surface area contributed by atoms with Crippen LogP contribution in [0.3, 0.4) is 0 Å². The fourth-order valence-electron chi connectivity index (χ4n) is 4.46. The van der Waals surface area contributed by atoms with Crippen LogP contribution in [-0.4, -0.2) is 44.5 Å². The molecule has 1 aromatic carbocycles. The van der Waals surface area contributed by atoms with E-state index in [0.717, 1.165) is 37.2 Å². The molecule has 1 amide bonds. The minimum atomic E-state index is -0.967. The number of carboxylic acids is 1. The van der Waals surface area contributed by atoms with Crippen molar-refractivity contribution in [3.8, 4) is 0 Å². The fourth-order valence-corrected chi connectivity index (χ4v) is 4.46. The van der Waals surface area contributed by atoms with Gasteiger partial charge in [-0.1, -0.05) is 12.1 Å². The normalized spacial score (nSPS) is 19.1. The number of aromatic nitrogens is 2. The number of benzene rings is 1. The Labute approximate surface area is 158 Å². The summed E-state index contributed by atoms with van der Waals surface area (Å²) in [5.74, 6) is 0.160. The maximum Gasteiger partial charge on any atom is 0.335 e. The zero-order valence-corrected chi connectivity index (χ0v) is 15.6. The summed E-state index contributed by atoms with van der Waals surface area (Å²) >= 11 is 0.